The Hall–Kier alpha value is -3.07. The first-order chi connectivity index (χ1) is 16.9. The van der Waals surface area contributed by atoms with Gasteiger partial charge in [0.15, 0.2) is 5.82 Å². The summed E-state index contributed by atoms with van der Waals surface area (Å²) in [6, 6.07) is 9.65. The summed E-state index contributed by atoms with van der Waals surface area (Å²) in [5.74, 6) is -2.48. The first kappa shape index (κ1) is 22.4. The van der Waals surface area contributed by atoms with Gasteiger partial charge in [-0.1, -0.05) is 43.2 Å². The molecule has 184 valence electrons. The molecule has 2 aliphatic heterocycles. The minimum Gasteiger partial charge on any atom is -0.385 e. The van der Waals surface area contributed by atoms with Gasteiger partial charge in [0.1, 0.15) is 5.52 Å². The minimum atomic E-state index is -2.77. The topological polar surface area (TPSA) is 74.0 Å². The third-order valence-electron chi connectivity index (χ3n) is 8.10. The van der Waals surface area contributed by atoms with Crippen LogP contribution in [0.1, 0.15) is 54.7 Å². The van der Waals surface area contributed by atoms with Crippen LogP contribution in [0, 0.1) is 5.92 Å². The van der Waals surface area contributed by atoms with Gasteiger partial charge in [-0.05, 0) is 24.8 Å². The highest BCUT2D eigenvalue weighted by atomic mass is 19.3. The fourth-order valence-electron chi connectivity index (χ4n) is 6.37. The Morgan fingerprint density at radius 1 is 1.09 bits per heavy atom. The van der Waals surface area contributed by atoms with Crippen LogP contribution in [0.25, 0.3) is 5.52 Å². The molecule has 7 nitrogen and oxygen atoms in total. The zero-order valence-electron chi connectivity index (χ0n) is 19.5. The number of aromatic nitrogens is 3. The molecule has 1 aliphatic carbocycles. The van der Waals surface area contributed by atoms with E-state index in [9.17, 15) is 18.7 Å². The first-order valence-electron chi connectivity index (χ1n) is 12.4. The summed E-state index contributed by atoms with van der Waals surface area (Å²) < 4.78 is 29.6. The van der Waals surface area contributed by atoms with Crippen molar-refractivity contribution >= 4 is 17.2 Å². The number of alkyl halides is 2. The maximum Gasteiger partial charge on any atom is 0.290 e. The quantitative estimate of drug-likeness (QED) is 0.615. The molecule has 0 spiro atoms. The molecular weight excluding hydrogens is 452 g/mol. The fraction of sp³-hybridized carbons (Fsp3) is 0.500. The predicted molar refractivity (Wildman–Crippen MR) is 127 cm³/mol. The number of carbonyl (C=O) groups excluding carboxylic acids is 1. The van der Waals surface area contributed by atoms with Crippen molar-refractivity contribution in [2.24, 2.45) is 5.92 Å². The number of likely N-dealkylation sites (tertiary alicyclic amines) is 1. The predicted octanol–water partition coefficient (Wildman–Crippen LogP) is 3.87. The lowest BCUT2D eigenvalue weighted by Crippen LogP contribution is -2.59. The van der Waals surface area contributed by atoms with Crippen molar-refractivity contribution in [3.8, 4) is 0 Å². The summed E-state index contributed by atoms with van der Waals surface area (Å²) in [5, 5.41) is 11.8. The van der Waals surface area contributed by atoms with Crippen LogP contribution in [0.2, 0.25) is 0 Å². The van der Waals surface area contributed by atoms with Crippen molar-refractivity contribution in [2.75, 3.05) is 24.5 Å². The van der Waals surface area contributed by atoms with Crippen molar-refractivity contribution in [1.29, 1.82) is 0 Å². The maximum atomic E-state index is 13.9. The zero-order valence-corrected chi connectivity index (χ0v) is 19.5. The van der Waals surface area contributed by atoms with Gasteiger partial charge in [0, 0.05) is 43.9 Å². The molecule has 1 unspecified atom stereocenters. The second-order valence-corrected chi connectivity index (χ2v) is 10.1. The average molecular weight is 482 g/mol. The monoisotopic (exact) mass is 481 g/mol. The zero-order chi connectivity index (χ0) is 24.2. The molecule has 35 heavy (non-hydrogen) atoms. The second kappa shape index (κ2) is 8.26. The lowest BCUT2D eigenvalue weighted by atomic mass is 9.66. The van der Waals surface area contributed by atoms with E-state index >= 15 is 0 Å². The number of benzene rings is 1. The molecule has 1 saturated carbocycles. The van der Waals surface area contributed by atoms with Crippen LogP contribution in [0.4, 0.5) is 14.6 Å². The summed E-state index contributed by atoms with van der Waals surface area (Å²) in [7, 11) is 0. The van der Waals surface area contributed by atoms with E-state index < -0.39 is 18.1 Å². The van der Waals surface area contributed by atoms with Crippen molar-refractivity contribution in [3.05, 3.63) is 60.3 Å². The molecule has 0 bridgehead atoms. The van der Waals surface area contributed by atoms with E-state index in [1.165, 1.54) is 0 Å². The summed E-state index contributed by atoms with van der Waals surface area (Å²) in [5.41, 5.74) is 0.471. The number of amides is 1. The fourth-order valence-corrected chi connectivity index (χ4v) is 6.37. The van der Waals surface area contributed by atoms with E-state index in [0.29, 0.717) is 24.3 Å². The van der Waals surface area contributed by atoms with Crippen LogP contribution >= 0.6 is 0 Å². The molecular formula is C26H29F2N5O2. The van der Waals surface area contributed by atoms with Gasteiger partial charge in [-0.15, -0.1) is 0 Å². The highest BCUT2D eigenvalue weighted by molar-refractivity contribution is 5.94. The molecule has 3 aliphatic rings. The third-order valence-corrected chi connectivity index (χ3v) is 8.10. The molecule has 3 fully saturated rings. The maximum absolute atomic E-state index is 13.9. The van der Waals surface area contributed by atoms with Crippen molar-refractivity contribution in [1.82, 2.24) is 19.3 Å². The molecule has 1 amide bonds. The molecule has 9 heteroatoms. The van der Waals surface area contributed by atoms with Gasteiger partial charge >= 0.3 is 0 Å². The number of halogens is 2. The van der Waals surface area contributed by atoms with Gasteiger partial charge in [0.25, 0.3) is 11.8 Å². The summed E-state index contributed by atoms with van der Waals surface area (Å²) >= 11 is 0. The van der Waals surface area contributed by atoms with Gasteiger partial charge in [-0.3, -0.25) is 14.2 Å². The summed E-state index contributed by atoms with van der Waals surface area (Å²) in [6.07, 6.45) is 8.70. The molecule has 2 saturated heterocycles. The van der Waals surface area contributed by atoms with Crippen LogP contribution in [0.3, 0.4) is 0 Å². The number of rotatable bonds is 3. The normalized spacial score (nSPS) is 28.3. The van der Waals surface area contributed by atoms with Crippen molar-refractivity contribution in [3.63, 3.8) is 0 Å². The van der Waals surface area contributed by atoms with Crippen molar-refractivity contribution < 1.29 is 18.7 Å². The van der Waals surface area contributed by atoms with Gasteiger partial charge in [-0.25, -0.2) is 13.8 Å². The number of aliphatic hydroxyl groups is 1. The molecule has 2 aromatic heterocycles. The van der Waals surface area contributed by atoms with E-state index in [1.54, 1.807) is 27.9 Å². The summed E-state index contributed by atoms with van der Waals surface area (Å²) in [6.45, 7) is 0.171. The lowest BCUT2D eigenvalue weighted by Gasteiger charge is -2.52. The van der Waals surface area contributed by atoms with Gasteiger partial charge in [-0.2, -0.15) is 0 Å². The Bertz CT molecular complexity index is 1250. The van der Waals surface area contributed by atoms with E-state index in [0.717, 1.165) is 31.2 Å². The van der Waals surface area contributed by atoms with Crippen LogP contribution in [-0.4, -0.2) is 61.9 Å². The van der Waals surface area contributed by atoms with Gasteiger partial charge in [0.05, 0.1) is 18.3 Å². The van der Waals surface area contributed by atoms with E-state index in [4.69, 9.17) is 0 Å². The highest BCUT2D eigenvalue weighted by Crippen LogP contribution is 2.47. The number of hydrogen-bond donors (Lipinski definition) is 1. The van der Waals surface area contributed by atoms with Gasteiger partial charge < -0.3 is 14.9 Å². The molecule has 1 aromatic carbocycles. The van der Waals surface area contributed by atoms with Crippen molar-refractivity contribution in [2.45, 2.75) is 56.1 Å². The standard InChI is InChI=1S/C26H29F2N5O2/c27-25(28)10-13-31(17-25)22-21-16-29-12-15-32(21)23(30-22)24(34)33-14-11-26(35,18-6-2-1-3-7-18)19-8-4-5-9-20(19)33/h1-3,6-7,12,15-16,19-20,35H,4-5,8-11,13-14,17H2/t19-,20?,26-/m1/s1. The SMILES string of the molecule is O=C(c1nc(N2CCC(F)(F)C2)c2cnccn12)N1CC[C@@](O)(c2ccccc2)[C@@H]2CCCCC21. The number of fused-ring (bicyclic) bond motifs is 2. The van der Waals surface area contributed by atoms with Gasteiger partial charge in [0.2, 0.25) is 5.82 Å². The van der Waals surface area contributed by atoms with Crippen LogP contribution in [0.15, 0.2) is 48.9 Å². The van der Waals surface area contributed by atoms with Crippen LogP contribution in [0.5, 0.6) is 0 Å². The number of imidazole rings is 1. The van der Waals surface area contributed by atoms with E-state index in [-0.39, 0.29) is 36.7 Å². The Labute approximate surface area is 202 Å². The third kappa shape index (κ3) is 3.67. The molecule has 3 atom stereocenters. The largest absolute Gasteiger partial charge is 0.385 e. The molecule has 6 rings (SSSR count). The summed E-state index contributed by atoms with van der Waals surface area (Å²) in [4.78, 5) is 26.1. The smallest absolute Gasteiger partial charge is 0.290 e. The molecule has 3 aromatic rings. The first-order valence-corrected chi connectivity index (χ1v) is 12.4. The molecule has 1 N–H and O–H groups in total. The average Bonchev–Trinajstić information content (AvgIpc) is 3.44. The number of piperidine rings is 1. The Morgan fingerprint density at radius 3 is 2.66 bits per heavy atom. The number of anilines is 1. The van der Waals surface area contributed by atoms with Crippen LogP contribution < -0.4 is 4.90 Å². The Morgan fingerprint density at radius 2 is 1.89 bits per heavy atom. The Balaban J connectivity index is 1.35. The van der Waals surface area contributed by atoms with E-state index in [1.807, 2.05) is 35.2 Å². The minimum absolute atomic E-state index is 0.0685. The number of hydrogen-bond acceptors (Lipinski definition) is 5. The number of nitrogens with zero attached hydrogens (tertiary/aromatic N) is 5. The lowest BCUT2D eigenvalue weighted by molar-refractivity contribution is -0.110. The molecule has 0 radical (unpaired) electrons. The number of carbonyl (C=O) groups is 1. The van der Waals surface area contributed by atoms with E-state index in [2.05, 4.69) is 9.97 Å². The molecule has 4 heterocycles. The Kier molecular flexibility index (Phi) is 5.28. The second-order valence-electron chi connectivity index (χ2n) is 10.1. The highest BCUT2D eigenvalue weighted by Gasteiger charge is 2.51. The van der Waals surface area contributed by atoms with Crippen LogP contribution in [-0.2, 0) is 5.60 Å².